The van der Waals surface area contributed by atoms with E-state index in [0.29, 0.717) is 23.6 Å². The van der Waals surface area contributed by atoms with Gasteiger partial charge in [0.25, 0.3) is 5.91 Å². The summed E-state index contributed by atoms with van der Waals surface area (Å²) in [6, 6.07) is 13.0. The Balaban J connectivity index is 1.65. The predicted octanol–water partition coefficient (Wildman–Crippen LogP) is 4.08. The van der Waals surface area contributed by atoms with Gasteiger partial charge < -0.3 is 10.1 Å². The number of hydrogen-bond acceptors (Lipinski definition) is 6. The maximum Gasteiger partial charge on any atom is 0.255 e. The lowest BCUT2D eigenvalue weighted by Gasteiger charge is -2.09. The van der Waals surface area contributed by atoms with E-state index in [-0.39, 0.29) is 16.6 Å². The van der Waals surface area contributed by atoms with Crippen LogP contribution in [0.2, 0.25) is 0 Å². The molecule has 0 atom stereocenters. The first-order valence-corrected chi connectivity index (χ1v) is 11.2. The predicted molar refractivity (Wildman–Crippen MR) is 110 cm³/mol. The third kappa shape index (κ3) is 4.96. The summed E-state index contributed by atoms with van der Waals surface area (Å²) in [6.07, 6.45) is 0. The summed E-state index contributed by atoms with van der Waals surface area (Å²) in [4.78, 5) is 17.1. The molecule has 0 saturated carbocycles. The molecule has 0 fully saturated rings. The van der Waals surface area contributed by atoms with Gasteiger partial charge >= 0.3 is 0 Å². The molecule has 28 heavy (non-hydrogen) atoms. The number of sulfone groups is 1. The molecule has 0 bridgehead atoms. The number of nitrogens with zero attached hydrogens (tertiary/aromatic N) is 1. The molecule has 6 nitrogen and oxygen atoms in total. The van der Waals surface area contributed by atoms with Crippen molar-refractivity contribution < 1.29 is 17.9 Å². The van der Waals surface area contributed by atoms with Gasteiger partial charge in [0.15, 0.2) is 9.84 Å². The van der Waals surface area contributed by atoms with Gasteiger partial charge in [-0.15, -0.1) is 11.3 Å². The summed E-state index contributed by atoms with van der Waals surface area (Å²) >= 11 is 1.56. The molecule has 1 heterocycles. The molecule has 0 saturated heterocycles. The molecule has 0 aliphatic heterocycles. The number of anilines is 1. The molecule has 0 aliphatic rings. The molecule has 3 rings (SSSR count). The minimum atomic E-state index is -3.26. The zero-order valence-corrected chi connectivity index (χ0v) is 17.1. The molecule has 0 radical (unpaired) electrons. The van der Waals surface area contributed by atoms with Gasteiger partial charge in [0.2, 0.25) is 0 Å². The highest BCUT2D eigenvalue weighted by atomic mass is 32.2. The van der Waals surface area contributed by atoms with Crippen LogP contribution in [0.25, 0.3) is 0 Å². The molecule has 1 amide bonds. The fourth-order valence-electron chi connectivity index (χ4n) is 2.47. The van der Waals surface area contributed by atoms with Crippen LogP contribution >= 0.6 is 11.3 Å². The standard InChI is InChI=1S/C20H20N2O4S2/c1-3-28(24,25)19-9-7-16(8-10-19)22-20(23)15-5-4-6-18(11-15)26-12-17-13-27-14(2)21-17/h4-11,13H,3,12H2,1-2H3,(H,22,23). The second-order valence-corrected chi connectivity index (χ2v) is 9.40. The number of amides is 1. The first-order chi connectivity index (χ1) is 13.4. The van der Waals surface area contributed by atoms with E-state index in [9.17, 15) is 13.2 Å². The highest BCUT2D eigenvalue weighted by Crippen LogP contribution is 2.19. The van der Waals surface area contributed by atoms with Crippen molar-refractivity contribution in [3.8, 4) is 5.75 Å². The van der Waals surface area contributed by atoms with Crippen LogP contribution in [0.1, 0.15) is 28.0 Å². The van der Waals surface area contributed by atoms with Crippen molar-refractivity contribution >= 4 is 32.8 Å². The van der Waals surface area contributed by atoms with Gasteiger partial charge in [0, 0.05) is 16.6 Å². The number of carbonyl (C=O) groups excluding carboxylic acids is 1. The SMILES string of the molecule is CCS(=O)(=O)c1ccc(NC(=O)c2cccc(OCc3csc(C)n3)c2)cc1. The highest BCUT2D eigenvalue weighted by Gasteiger charge is 2.12. The van der Waals surface area contributed by atoms with Crippen LogP contribution < -0.4 is 10.1 Å². The van der Waals surface area contributed by atoms with Gasteiger partial charge in [-0.1, -0.05) is 13.0 Å². The monoisotopic (exact) mass is 416 g/mol. The Hall–Kier alpha value is -2.71. The molecule has 0 aliphatic carbocycles. The maximum atomic E-state index is 12.5. The van der Waals surface area contributed by atoms with Crippen molar-refractivity contribution in [1.29, 1.82) is 0 Å². The van der Waals surface area contributed by atoms with Crippen molar-refractivity contribution in [2.45, 2.75) is 25.3 Å². The zero-order chi connectivity index (χ0) is 20.1. The largest absolute Gasteiger partial charge is 0.487 e. The molecule has 8 heteroatoms. The van der Waals surface area contributed by atoms with Gasteiger partial charge in [0.1, 0.15) is 12.4 Å². The van der Waals surface area contributed by atoms with Gasteiger partial charge in [-0.3, -0.25) is 4.79 Å². The van der Waals surface area contributed by atoms with Crippen molar-refractivity contribution in [1.82, 2.24) is 4.98 Å². The van der Waals surface area contributed by atoms with Crippen molar-refractivity contribution in [3.05, 3.63) is 70.2 Å². The minimum absolute atomic E-state index is 0.0337. The smallest absolute Gasteiger partial charge is 0.255 e. The second-order valence-electron chi connectivity index (χ2n) is 6.06. The van der Waals surface area contributed by atoms with E-state index in [0.717, 1.165) is 10.7 Å². The fourth-order valence-corrected chi connectivity index (χ4v) is 3.96. The number of thiazole rings is 1. The Morgan fingerprint density at radius 1 is 1.18 bits per heavy atom. The van der Waals surface area contributed by atoms with Gasteiger partial charge in [-0.25, -0.2) is 13.4 Å². The van der Waals surface area contributed by atoms with E-state index in [1.807, 2.05) is 12.3 Å². The summed E-state index contributed by atoms with van der Waals surface area (Å²) in [6.45, 7) is 3.86. The van der Waals surface area contributed by atoms with Crippen molar-refractivity contribution in [2.75, 3.05) is 11.1 Å². The molecule has 0 spiro atoms. The van der Waals surface area contributed by atoms with Crippen molar-refractivity contribution in [2.24, 2.45) is 0 Å². The normalized spacial score (nSPS) is 11.2. The topological polar surface area (TPSA) is 85.4 Å². The Kier molecular flexibility index (Phi) is 6.11. The molecule has 1 N–H and O–H groups in total. The third-order valence-corrected chi connectivity index (χ3v) is 6.57. The number of ether oxygens (including phenoxy) is 1. The first-order valence-electron chi connectivity index (χ1n) is 8.65. The fraction of sp³-hybridized carbons (Fsp3) is 0.200. The van der Waals surface area contributed by atoms with Crippen LogP contribution in [0, 0.1) is 6.92 Å². The molecule has 146 valence electrons. The Morgan fingerprint density at radius 2 is 1.93 bits per heavy atom. The first kappa shape index (κ1) is 20.0. The van der Waals surface area contributed by atoms with E-state index >= 15 is 0 Å². The summed E-state index contributed by atoms with van der Waals surface area (Å²) < 4.78 is 29.4. The van der Waals surface area contributed by atoms with Gasteiger partial charge in [0.05, 0.1) is 21.3 Å². The summed E-state index contributed by atoms with van der Waals surface area (Å²) in [5.74, 6) is 0.301. The minimum Gasteiger partial charge on any atom is -0.487 e. The lowest BCUT2D eigenvalue weighted by Crippen LogP contribution is -2.12. The average molecular weight is 417 g/mol. The summed E-state index contributed by atoms with van der Waals surface area (Å²) in [5, 5.41) is 5.67. The molecular formula is C20H20N2O4S2. The number of hydrogen-bond donors (Lipinski definition) is 1. The number of rotatable bonds is 7. The van der Waals surface area contributed by atoms with Crippen LogP contribution in [-0.4, -0.2) is 25.1 Å². The Labute approximate surface area is 168 Å². The van der Waals surface area contributed by atoms with Crippen LogP contribution in [0.15, 0.2) is 58.8 Å². The van der Waals surface area contributed by atoms with Crippen LogP contribution in [0.3, 0.4) is 0 Å². The Bertz CT molecular complexity index is 1070. The number of nitrogens with one attached hydrogen (secondary N) is 1. The Morgan fingerprint density at radius 3 is 2.57 bits per heavy atom. The number of benzene rings is 2. The molecule has 2 aromatic carbocycles. The molecule has 0 unspecified atom stereocenters. The van der Waals surface area contributed by atoms with Crippen molar-refractivity contribution in [3.63, 3.8) is 0 Å². The van der Waals surface area contributed by atoms with Crippen LogP contribution in [-0.2, 0) is 16.4 Å². The lowest BCUT2D eigenvalue weighted by atomic mass is 10.2. The van der Waals surface area contributed by atoms with Crippen LogP contribution in [0.5, 0.6) is 5.75 Å². The molecule has 3 aromatic rings. The lowest BCUT2D eigenvalue weighted by molar-refractivity contribution is 0.102. The van der Waals surface area contributed by atoms with Gasteiger partial charge in [-0.2, -0.15) is 0 Å². The zero-order valence-electron chi connectivity index (χ0n) is 15.5. The summed E-state index contributed by atoms with van der Waals surface area (Å²) in [5.41, 5.74) is 1.81. The van der Waals surface area contributed by atoms with E-state index < -0.39 is 9.84 Å². The second kappa shape index (κ2) is 8.53. The molecular weight excluding hydrogens is 396 g/mol. The molecule has 1 aromatic heterocycles. The maximum absolute atomic E-state index is 12.5. The summed E-state index contributed by atoms with van der Waals surface area (Å²) in [7, 11) is -3.26. The van der Waals surface area contributed by atoms with E-state index in [4.69, 9.17) is 4.74 Å². The van der Waals surface area contributed by atoms with E-state index in [2.05, 4.69) is 10.3 Å². The van der Waals surface area contributed by atoms with E-state index in [1.54, 1.807) is 54.7 Å². The highest BCUT2D eigenvalue weighted by molar-refractivity contribution is 7.91. The van der Waals surface area contributed by atoms with Crippen LogP contribution in [0.4, 0.5) is 5.69 Å². The number of aryl methyl sites for hydroxylation is 1. The number of carbonyl (C=O) groups is 1. The quantitative estimate of drug-likeness (QED) is 0.627. The van der Waals surface area contributed by atoms with E-state index in [1.165, 1.54) is 12.1 Å². The average Bonchev–Trinajstić information content (AvgIpc) is 3.12. The third-order valence-electron chi connectivity index (χ3n) is 4.00. The van der Waals surface area contributed by atoms with Gasteiger partial charge in [-0.05, 0) is 49.4 Å². The number of aromatic nitrogens is 1.